The van der Waals surface area contributed by atoms with Gasteiger partial charge in [0, 0.05) is 45.0 Å². The van der Waals surface area contributed by atoms with Crippen molar-refractivity contribution < 1.29 is 13.9 Å². The van der Waals surface area contributed by atoms with Gasteiger partial charge in [-0.15, -0.1) is 0 Å². The van der Waals surface area contributed by atoms with Crippen molar-refractivity contribution in [3.05, 3.63) is 35.9 Å². The maximum Gasteiger partial charge on any atom is 0.214 e. The Kier molecular flexibility index (Phi) is 5.35. The van der Waals surface area contributed by atoms with E-state index in [0.717, 1.165) is 53.0 Å². The van der Waals surface area contributed by atoms with Crippen LogP contribution in [0.3, 0.4) is 0 Å². The Hall–Kier alpha value is -3.13. The molecule has 1 aliphatic heterocycles. The summed E-state index contributed by atoms with van der Waals surface area (Å²) in [5.74, 6) is 1.29. The maximum atomic E-state index is 11.9. The van der Waals surface area contributed by atoms with E-state index in [2.05, 4.69) is 20.6 Å². The fraction of sp³-hybridized carbons (Fsp3) is 0.381. The molecule has 152 valence electrons. The minimum absolute atomic E-state index is 0.111. The molecule has 0 atom stereocenters. The van der Waals surface area contributed by atoms with Crippen LogP contribution in [0.1, 0.15) is 24.3 Å². The third-order valence-electron chi connectivity index (χ3n) is 5.23. The number of anilines is 4. The zero-order chi connectivity index (χ0) is 20.4. The maximum absolute atomic E-state index is 11.9. The molecule has 29 heavy (non-hydrogen) atoms. The van der Waals surface area contributed by atoms with Crippen molar-refractivity contribution in [1.82, 2.24) is 9.97 Å². The van der Waals surface area contributed by atoms with E-state index in [1.54, 1.807) is 11.1 Å². The molecule has 3 aromatic rings. The number of hydrogen-bond donors (Lipinski definition) is 2. The van der Waals surface area contributed by atoms with E-state index in [4.69, 9.17) is 9.15 Å². The lowest BCUT2D eigenvalue weighted by molar-refractivity contribution is -0.108. The number of aromatic nitrogens is 2. The number of hydrogen-bond acceptors (Lipinski definition) is 7. The van der Waals surface area contributed by atoms with E-state index in [1.165, 1.54) is 0 Å². The van der Waals surface area contributed by atoms with Crippen LogP contribution in [0.5, 0.6) is 0 Å². The van der Waals surface area contributed by atoms with Crippen LogP contribution in [0, 0.1) is 13.8 Å². The molecule has 1 aromatic carbocycles. The summed E-state index contributed by atoms with van der Waals surface area (Å²) >= 11 is 0. The van der Waals surface area contributed by atoms with Crippen molar-refractivity contribution in [3.8, 4) is 0 Å². The topological polar surface area (TPSA) is 92.5 Å². The van der Waals surface area contributed by atoms with Gasteiger partial charge in [0.1, 0.15) is 11.3 Å². The first-order valence-corrected chi connectivity index (χ1v) is 9.73. The van der Waals surface area contributed by atoms with Crippen molar-refractivity contribution in [3.63, 3.8) is 0 Å². The van der Waals surface area contributed by atoms with E-state index >= 15 is 0 Å². The molecule has 1 amide bonds. The molecule has 4 rings (SSSR count). The van der Waals surface area contributed by atoms with Crippen LogP contribution in [0.25, 0.3) is 11.1 Å². The summed E-state index contributed by atoms with van der Waals surface area (Å²) in [6, 6.07) is 5.91. The van der Waals surface area contributed by atoms with Crippen LogP contribution in [0.15, 0.2) is 28.8 Å². The summed E-state index contributed by atoms with van der Waals surface area (Å²) in [5, 5.41) is 6.49. The highest BCUT2D eigenvalue weighted by Crippen LogP contribution is 2.32. The van der Waals surface area contributed by atoms with Gasteiger partial charge >= 0.3 is 0 Å². The standard InChI is InChI=1S/C21H25N5O3/c1-13-8-20-17(24-14(2)29-20)9-16(13)25-21-10-19(18(22-3)11-23-21)26(12-27)15-4-6-28-7-5-15/h8-12,15,22H,4-7H2,1-3H3,(H,23,25). The fourth-order valence-electron chi connectivity index (χ4n) is 3.69. The molecule has 1 aliphatic rings. The van der Waals surface area contributed by atoms with Gasteiger partial charge < -0.3 is 24.7 Å². The summed E-state index contributed by atoms with van der Waals surface area (Å²) in [7, 11) is 1.82. The number of ether oxygens (including phenoxy) is 1. The molecule has 0 spiro atoms. The lowest BCUT2D eigenvalue weighted by Gasteiger charge is -2.32. The van der Waals surface area contributed by atoms with Gasteiger partial charge in [0.25, 0.3) is 0 Å². The van der Waals surface area contributed by atoms with Gasteiger partial charge in [-0.25, -0.2) is 9.97 Å². The van der Waals surface area contributed by atoms with Crippen molar-refractivity contribution >= 4 is 40.4 Å². The predicted molar refractivity (Wildman–Crippen MR) is 113 cm³/mol. The van der Waals surface area contributed by atoms with Crippen molar-refractivity contribution in [1.29, 1.82) is 0 Å². The highest BCUT2D eigenvalue weighted by molar-refractivity contribution is 5.86. The quantitative estimate of drug-likeness (QED) is 0.614. The minimum atomic E-state index is 0.111. The zero-order valence-corrected chi connectivity index (χ0v) is 16.9. The number of aryl methyl sites for hydroxylation is 2. The van der Waals surface area contributed by atoms with E-state index in [1.807, 2.05) is 39.1 Å². The molecule has 0 saturated carbocycles. The number of nitrogens with one attached hydrogen (secondary N) is 2. The number of amides is 1. The highest BCUT2D eigenvalue weighted by atomic mass is 16.5. The Morgan fingerprint density at radius 1 is 1.17 bits per heavy atom. The molecular formula is C21H25N5O3. The zero-order valence-electron chi connectivity index (χ0n) is 16.9. The SMILES string of the molecule is CNc1cnc(Nc2cc3nc(C)oc3cc2C)cc1N(C=O)C1CCOCC1. The molecular weight excluding hydrogens is 370 g/mol. The van der Waals surface area contributed by atoms with Crippen LogP contribution in [-0.2, 0) is 9.53 Å². The molecule has 1 saturated heterocycles. The Morgan fingerprint density at radius 2 is 1.97 bits per heavy atom. The molecule has 0 aliphatic carbocycles. The normalized spacial score (nSPS) is 14.7. The van der Waals surface area contributed by atoms with Crippen LogP contribution < -0.4 is 15.5 Å². The van der Waals surface area contributed by atoms with Gasteiger partial charge in [0.2, 0.25) is 6.41 Å². The third-order valence-corrected chi connectivity index (χ3v) is 5.23. The van der Waals surface area contributed by atoms with Crippen molar-refractivity contribution in [2.24, 2.45) is 0 Å². The number of oxazole rings is 1. The largest absolute Gasteiger partial charge is 0.441 e. The van der Waals surface area contributed by atoms with E-state index in [0.29, 0.717) is 24.9 Å². The summed E-state index contributed by atoms with van der Waals surface area (Å²) in [5.41, 5.74) is 5.06. The molecule has 0 unspecified atom stereocenters. The van der Waals surface area contributed by atoms with Gasteiger partial charge in [-0.1, -0.05) is 0 Å². The van der Waals surface area contributed by atoms with E-state index in [9.17, 15) is 4.79 Å². The first-order chi connectivity index (χ1) is 14.1. The fourth-order valence-corrected chi connectivity index (χ4v) is 3.69. The van der Waals surface area contributed by atoms with Gasteiger partial charge in [0.05, 0.1) is 17.6 Å². The van der Waals surface area contributed by atoms with Crippen molar-refractivity contribution in [2.45, 2.75) is 32.7 Å². The Labute approximate surface area is 169 Å². The average molecular weight is 395 g/mol. The summed E-state index contributed by atoms with van der Waals surface area (Å²) in [4.78, 5) is 22.6. The van der Waals surface area contributed by atoms with E-state index < -0.39 is 0 Å². The number of benzene rings is 1. The van der Waals surface area contributed by atoms with Gasteiger partial charge in [0.15, 0.2) is 11.5 Å². The third kappa shape index (κ3) is 3.88. The lowest BCUT2D eigenvalue weighted by atomic mass is 10.1. The summed E-state index contributed by atoms with van der Waals surface area (Å²) < 4.78 is 11.0. The number of fused-ring (bicyclic) bond motifs is 1. The molecule has 2 aromatic heterocycles. The van der Waals surface area contributed by atoms with Crippen LogP contribution in [0.2, 0.25) is 0 Å². The Bertz CT molecular complexity index is 1030. The minimum Gasteiger partial charge on any atom is -0.441 e. The number of nitrogens with zero attached hydrogens (tertiary/aromatic N) is 3. The smallest absolute Gasteiger partial charge is 0.214 e. The second-order valence-corrected chi connectivity index (χ2v) is 7.19. The molecule has 8 heteroatoms. The number of rotatable bonds is 6. The van der Waals surface area contributed by atoms with E-state index in [-0.39, 0.29) is 6.04 Å². The number of carbonyl (C=O) groups excluding carboxylic acids is 1. The van der Waals surface area contributed by atoms with Crippen LogP contribution in [-0.4, -0.2) is 42.7 Å². The number of pyridine rings is 1. The van der Waals surface area contributed by atoms with Gasteiger partial charge in [-0.3, -0.25) is 4.79 Å². The highest BCUT2D eigenvalue weighted by Gasteiger charge is 2.24. The molecule has 3 heterocycles. The average Bonchev–Trinajstić information content (AvgIpc) is 3.08. The van der Waals surface area contributed by atoms with Gasteiger partial charge in [-0.2, -0.15) is 0 Å². The van der Waals surface area contributed by atoms with Crippen LogP contribution >= 0.6 is 0 Å². The van der Waals surface area contributed by atoms with Gasteiger partial charge in [-0.05, 0) is 37.5 Å². The predicted octanol–water partition coefficient (Wildman–Crippen LogP) is 3.77. The molecule has 8 nitrogen and oxygen atoms in total. The first-order valence-electron chi connectivity index (χ1n) is 9.73. The van der Waals surface area contributed by atoms with Crippen LogP contribution in [0.4, 0.5) is 22.9 Å². The molecule has 0 radical (unpaired) electrons. The summed E-state index contributed by atoms with van der Waals surface area (Å²) in [6.45, 7) is 5.16. The molecule has 1 fully saturated rings. The second-order valence-electron chi connectivity index (χ2n) is 7.19. The Balaban J connectivity index is 1.67. The lowest BCUT2D eigenvalue weighted by Crippen LogP contribution is -2.39. The van der Waals surface area contributed by atoms with Crippen molar-refractivity contribution in [2.75, 3.05) is 35.8 Å². The second kappa shape index (κ2) is 8.08. The number of carbonyl (C=O) groups is 1. The first kappa shape index (κ1) is 19.2. The monoisotopic (exact) mass is 395 g/mol. The molecule has 0 bridgehead atoms. The Morgan fingerprint density at radius 3 is 2.69 bits per heavy atom. The summed E-state index contributed by atoms with van der Waals surface area (Å²) in [6.07, 6.45) is 4.26. The molecule has 2 N–H and O–H groups in total.